The monoisotopic (exact) mass is 418 g/mol. The minimum atomic E-state index is -0.287. The summed E-state index contributed by atoms with van der Waals surface area (Å²) < 4.78 is 21.1. The van der Waals surface area contributed by atoms with Crippen molar-refractivity contribution in [1.29, 1.82) is 0 Å². The van der Waals surface area contributed by atoms with Gasteiger partial charge in [0.25, 0.3) is 0 Å². The molecule has 4 rings (SSSR count). The predicted octanol–water partition coefficient (Wildman–Crippen LogP) is 8.81. The van der Waals surface area contributed by atoms with Gasteiger partial charge >= 0.3 is 0 Å². The van der Waals surface area contributed by atoms with E-state index < -0.39 is 0 Å². The van der Waals surface area contributed by atoms with E-state index in [1.165, 1.54) is 24.8 Å². The van der Waals surface area contributed by atoms with Crippen molar-refractivity contribution in [3.8, 4) is 11.1 Å². The van der Waals surface area contributed by atoms with Crippen molar-refractivity contribution >= 4 is 34.0 Å². The molecule has 1 heterocycles. The van der Waals surface area contributed by atoms with E-state index in [4.69, 9.17) is 16.6 Å². The van der Waals surface area contributed by atoms with Gasteiger partial charge < -0.3 is 4.42 Å². The van der Waals surface area contributed by atoms with Crippen molar-refractivity contribution in [2.75, 3.05) is 0 Å². The second kappa shape index (κ2) is 9.09. The third-order valence-electron chi connectivity index (χ3n) is 5.78. The Morgan fingerprint density at radius 3 is 2.23 bits per heavy atom. The molecule has 0 aliphatic carbocycles. The van der Waals surface area contributed by atoms with Crippen LogP contribution >= 0.6 is 12.2 Å². The van der Waals surface area contributed by atoms with Crippen LogP contribution in [0.15, 0.2) is 59.0 Å². The van der Waals surface area contributed by atoms with Gasteiger partial charge in [-0.2, -0.15) is 0 Å². The van der Waals surface area contributed by atoms with Gasteiger partial charge in [-0.3, -0.25) is 0 Å². The van der Waals surface area contributed by atoms with Crippen LogP contribution in [0.25, 0.3) is 32.9 Å². The summed E-state index contributed by atoms with van der Waals surface area (Å²) in [4.78, 5) is 0. The van der Waals surface area contributed by atoms with Gasteiger partial charge in [-0.15, -0.1) is 0 Å². The highest BCUT2D eigenvalue weighted by Gasteiger charge is 2.13. The summed E-state index contributed by atoms with van der Waals surface area (Å²) in [6.07, 6.45) is 6.44. The molecule has 0 saturated heterocycles. The molecule has 3 aromatic carbocycles. The first-order chi connectivity index (χ1) is 14.6. The highest BCUT2D eigenvalue weighted by atomic mass is 32.1. The van der Waals surface area contributed by atoms with Gasteiger partial charge in [-0.1, -0.05) is 81.6 Å². The number of benzene rings is 3. The molecule has 0 N–H and O–H groups in total. The van der Waals surface area contributed by atoms with E-state index in [0.717, 1.165) is 40.1 Å². The summed E-state index contributed by atoms with van der Waals surface area (Å²) >= 11 is 5.50. The topological polar surface area (TPSA) is 13.1 Å². The zero-order valence-electron chi connectivity index (χ0n) is 17.6. The molecule has 0 saturated carbocycles. The number of rotatable bonds is 7. The quantitative estimate of drug-likeness (QED) is 0.169. The third kappa shape index (κ3) is 4.04. The summed E-state index contributed by atoms with van der Waals surface area (Å²) in [6, 6.07) is 18.7. The van der Waals surface area contributed by atoms with E-state index in [1.807, 2.05) is 25.1 Å². The summed E-state index contributed by atoms with van der Waals surface area (Å²) in [6.45, 7) is 4.27. The van der Waals surface area contributed by atoms with Crippen molar-refractivity contribution in [2.24, 2.45) is 0 Å². The van der Waals surface area contributed by atoms with Crippen molar-refractivity contribution in [3.63, 3.8) is 0 Å². The van der Waals surface area contributed by atoms with Crippen LogP contribution in [0.1, 0.15) is 50.7 Å². The molecule has 4 aromatic rings. The first-order valence-electron chi connectivity index (χ1n) is 10.9. The lowest BCUT2D eigenvalue weighted by molar-refractivity contribution is 0.538. The Balaban J connectivity index is 1.74. The number of hydrogen-bond donors (Lipinski definition) is 0. The van der Waals surface area contributed by atoms with Gasteiger partial charge in [0.05, 0.1) is 0 Å². The number of hydrogen-bond acceptors (Lipinski definition) is 2. The Hall–Kier alpha value is -2.52. The molecule has 0 unspecified atom stereocenters. The fourth-order valence-electron chi connectivity index (χ4n) is 4.09. The fourth-order valence-corrected chi connectivity index (χ4v) is 4.34. The average molecular weight is 419 g/mol. The molecular weight excluding hydrogens is 391 g/mol. The molecule has 154 valence electrons. The molecule has 30 heavy (non-hydrogen) atoms. The van der Waals surface area contributed by atoms with Gasteiger partial charge in [0.1, 0.15) is 0 Å². The zero-order chi connectivity index (χ0) is 21.1. The predicted molar refractivity (Wildman–Crippen MR) is 127 cm³/mol. The smallest absolute Gasteiger partial charge is 0.198 e. The molecule has 1 aromatic heterocycles. The maximum absolute atomic E-state index is 14.9. The minimum absolute atomic E-state index is 0.266. The highest BCUT2D eigenvalue weighted by molar-refractivity contribution is 7.71. The normalized spacial score (nSPS) is 11.4. The minimum Gasteiger partial charge on any atom is -0.441 e. The van der Waals surface area contributed by atoms with Crippen molar-refractivity contribution in [2.45, 2.75) is 52.4 Å². The summed E-state index contributed by atoms with van der Waals surface area (Å²) in [5, 5.41) is 2.56. The van der Waals surface area contributed by atoms with Crippen LogP contribution in [0, 0.1) is 10.5 Å². The lowest BCUT2D eigenvalue weighted by Crippen LogP contribution is -1.92. The van der Waals surface area contributed by atoms with Crippen LogP contribution in [0.5, 0.6) is 0 Å². The number of fused-ring (bicyclic) bond motifs is 3. The van der Waals surface area contributed by atoms with E-state index in [1.54, 1.807) is 0 Å². The number of aryl methyl sites for hydroxylation is 2. The van der Waals surface area contributed by atoms with E-state index in [2.05, 4.69) is 43.3 Å². The summed E-state index contributed by atoms with van der Waals surface area (Å²) in [7, 11) is 0. The first-order valence-corrected chi connectivity index (χ1v) is 11.3. The lowest BCUT2D eigenvalue weighted by atomic mass is 9.98. The van der Waals surface area contributed by atoms with Crippen LogP contribution in [0.3, 0.4) is 0 Å². The van der Waals surface area contributed by atoms with Gasteiger partial charge in [0, 0.05) is 10.8 Å². The first kappa shape index (κ1) is 20.7. The highest BCUT2D eigenvalue weighted by Crippen LogP contribution is 2.33. The van der Waals surface area contributed by atoms with Gasteiger partial charge in [0.15, 0.2) is 16.1 Å². The van der Waals surface area contributed by atoms with Crippen molar-refractivity contribution in [3.05, 3.63) is 76.2 Å². The number of halogens is 1. The molecule has 0 aliphatic heterocycles. The van der Waals surface area contributed by atoms with Crippen LogP contribution < -0.4 is 0 Å². The van der Waals surface area contributed by atoms with Crippen LogP contribution in [0.2, 0.25) is 0 Å². The number of unbranched alkanes of at least 4 members (excludes halogenated alkanes) is 2. The van der Waals surface area contributed by atoms with Crippen molar-refractivity contribution < 1.29 is 8.81 Å². The van der Waals surface area contributed by atoms with Crippen LogP contribution in [0.4, 0.5) is 4.39 Å². The maximum Gasteiger partial charge on any atom is 0.198 e. The average Bonchev–Trinajstić information content (AvgIpc) is 2.77. The zero-order valence-corrected chi connectivity index (χ0v) is 18.4. The molecular formula is C27H27FOS. The lowest BCUT2D eigenvalue weighted by Gasteiger charge is -2.10. The van der Waals surface area contributed by atoms with E-state index in [-0.39, 0.29) is 11.4 Å². The molecule has 0 atom stereocenters. The Labute approximate surface area is 182 Å². The van der Waals surface area contributed by atoms with Gasteiger partial charge in [0.2, 0.25) is 0 Å². The molecule has 0 spiro atoms. The van der Waals surface area contributed by atoms with E-state index in [0.29, 0.717) is 16.7 Å². The molecule has 0 fully saturated rings. The third-order valence-corrected chi connectivity index (χ3v) is 6.08. The maximum atomic E-state index is 14.9. The van der Waals surface area contributed by atoms with Crippen LogP contribution in [-0.2, 0) is 12.8 Å². The largest absolute Gasteiger partial charge is 0.441 e. The van der Waals surface area contributed by atoms with Gasteiger partial charge in [-0.05, 0) is 65.2 Å². The standard InChI is InChI=1S/C27H27FOS/c1-3-5-6-8-18-9-11-19(12-10-18)21-14-15-22-23-16-13-20(7-4-2)25(28)26(23)29-27(30)24(22)17-21/h9-17H,3-8H2,1-2H3. The van der Waals surface area contributed by atoms with Crippen molar-refractivity contribution in [1.82, 2.24) is 0 Å². The Morgan fingerprint density at radius 1 is 0.767 bits per heavy atom. The summed E-state index contributed by atoms with van der Waals surface area (Å²) in [5.74, 6) is -0.287. The van der Waals surface area contributed by atoms with Gasteiger partial charge in [-0.25, -0.2) is 4.39 Å². The molecule has 3 heteroatoms. The molecule has 1 nitrogen and oxygen atoms in total. The molecule has 0 amide bonds. The Kier molecular flexibility index (Phi) is 6.29. The Morgan fingerprint density at radius 2 is 1.50 bits per heavy atom. The molecule has 0 aliphatic rings. The molecule has 0 radical (unpaired) electrons. The van der Waals surface area contributed by atoms with E-state index >= 15 is 0 Å². The fraction of sp³-hybridized carbons (Fsp3) is 0.296. The second-order valence-electron chi connectivity index (χ2n) is 7.97. The SMILES string of the molecule is CCCCCc1ccc(-c2ccc3c(c2)c(=S)oc2c(F)c(CCC)ccc23)cc1. The summed E-state index contributed by atoms with van der Waals surface area (Å²) in [5.41, 5.74) is 4.55. The van der Waals surface area contributed by atoms with Crippen LogP contribution in [-0.4, -0.2) is 0 Å². The second-order valence-corrected chi connectivity index (χ2v) is 8.34. The molecule has 0 bridgehead atoms. The Bertz CT molecular complexity index is 1240. The van der Waals surface area contributed by atoms with E-state index in [9.17, 15) is 4.39 Å².